The second kappa shape index (κ2) is 7.09. The van der Waals surface area contributed by atoms with Crippen molar-refractivity contribution in [3.63, 3.8) is 0 Å². The van der Waals surface area contributed by atoms with Gasteiger partial charge in [-0.1, -0.05) is 12.1 Å². The van der Waals surface area contributed by atoms with Crippen LogP contribution < -0.4 is 0 Å². The van der Waals surface area contributed by atoms with Crippen LogP contribution in [0, 0.1) is 11.3 Å². The van der Waals surface area contributed by atoms with E-state index in [4.69, 9.17) is 5.26 Å². The molecule has 1 aliphatic heterocycles. The predicted octanol–water partition coefficient (Wildman–Crippen LogP) is 1.46. The van der Waals surface area contributed by atoms with Crippen molar-refractivity contribution in [1.82, 2.24) is 14.2 Å². The van der Waals surface area contributed by atoms with Crippen LogP contribution in [0.2, 0.25) is 0 Å². The first-order valence-electron chi connectivity index (χ1n) is 7.71. The molecule has 24 heavy (non-hydrogen) atoms. The lowest BCUT2D eigenvalue weighted by molar-refractivity contribution is 0.181. The van der Waals surface area contributed by atoms with Crippen molar-refractivity contribution in [2.45, 2.75) is 11.4 Å². The maximum Gasteiger partial charge on any atom is 0.244 e. The zero-order valence-corrected chi connectivity index (χ0v) is 14.0. The first kappa shape index (κ1) is 16.6. The van der Waals surface area contributed by atoms with Crippen LogP contribution in [-0.2, 0) is 16.6 Å². The van der Waals surface area contributed by atoms with Crippen molar-refractivity contribution < 1.29 is 8.42 Å². The van der Waals surface area contributed by atoms with E-state index in [9.17, 15) is 8.42 Å². The van der Waals surface area contributed by atoms with E-state index >= 15 is 0 Å². The smallest absolute Gasteiger partial charge is 0.244 e. The summed E-state index contributed by atoms with van der Waals surface area (Å²) < 4.78 is 26.6. The van der Waals surface area contributed by atoms with E-state index < -0.39 is 10.0 Å². The van der Waals surface area contributed by atoms with Gasteiger partial charge in [-0.2, -0.15) is 9.57 Å². The third-order valence-electron chi connectivity index (χ3n) is 4.09. The van der Waals surface area contributed by atoms with Gasteiger partial charge in [0.25, 0.3) is 0 Å². The Morgan fingerprint density at radius 2 is 1.79 bits per heavy atom. The van der Waals surface area contributed by atoms with Gasteiger partial charge in [-0.25, -0.2) is 8.42 Å². The van der Waals surface area contributed by atoms with Crippen LogP contribution in [0.15, 0.2) is 53.7 Å². The SMILES string of the molecule is N#Cc1ccc(CN2CCN(S(=O)(=O)c3cccnc3)CC2)cc1. The number of hydrogen-bond acceptors (Lipinski definition) is 5. The highest BCUT2D eigenvalue weighted by Crippen LogP contribution is 2.17. The van der Waals surface area contributed by atoms with E-state index in [0.29, 0.717) is 31.7 Å². The number of sulfonamides is 1. The second-order valence-electron chi connectivity index (χ2n) is 5.68. The lowest BCUT2D eigenvalue weighted by atomic mass is 10.1. The van der Waals surface area contributed by atoms with Crippen molar-refractivity contribution in [3.8, 4) is 6.07 Å². The molecule has 3 rings (SSSR count). The standard InChI is InChI=1S/C17H18N4O2S/c18-12-15-3-5-16(6-4-15)14-20-8-10-21(11-9-20)24(22,23)17-2-1-7-19-13-17/h1-7,13H,8-11,14H2. The van der Waals surface area contributed by atoms with Gasteiger partial charge in [0.15, 0.2) is 0 Å². The van der Waals surface area contributed by atoms with E-state index in [1.807, 2.05) is 12.1 Å². The van der Waals surface area contributed by atoms with Crippen LogP contribution >= 0.6 is 0 Å². The average molecular weight is 342 g/mol. The minimum atomic E-state index is -3.46. The molecule has 0 aliphatic carbocycles. The van der Waals surface area contributed by atoms with Gasteiger partial charge in [-0.3, -0.25) is 9.88 Å². The highest BCUT2D eigenvalue weighted by atomic mass is 32.2. The summed E-state index contributed by atoms with van der Waals surface area (Å²) in [5, 5.41) is 8.82. The zero-order chi connectivity index (χ0) is 17.0. The lowest BCUT2D eigenvalue weighted by Gasteiger charge is -2.33. The molecule has 2 heterocycles. The number of pyridine rings is 1. The fourth-order valence-electron chi connectivity index (χ4n) is 2.72. The Kier molecular flexibility index (Phi) is 4.90. The van der Waals surface area contributed by atoms with Gasteiger partial charge in [0.05, 0.1) is 11.6 Å². The molecule has 0 N–H and O–H groups in total. The van der Waals surface area contributed by atoms with Crippen LogP contribution in [0.1, 0.15) is 11.1 Å². The van der Waals surface area contributed by atoms with Gasteiger partial charge in [0.2, 0.25) is 10.0 Å². The number of hydrogen-bond donors (Lipinski definition) is 0. The molecule has 1 aromatic heterocycles. The summed E-state index contributed by atoms with van der Waals surface area (Å²) in [4.78, 5) is 6.35. The number of rotatable bonds is 4. The quantitative estimate of drug-likeness (QED) is 0.841. The highest BCUT2D eigenvalue weighted by Gasteiger charge is 2.28. The van der Waals surface area contributed by atoms with Gasteiger partial charge >= 0.3 is 0 Å². The van der Waals surface area contributed by atoms with Crippen molar-refractivity contribution >= 4 is 10.0 Å². The fraction of sp³-hybridized carbons (Fsp3) is 0.294. The molecule has 0 atom stereocenters. The molecular formula is C17H18N4O2S. The molecule has 0 unspecified atom stereocenters. The molecule has 1 aliphatic rings. The van der Waals surface area contributed by atoms with Gasteiger partial charge in [0.1, 0.15) is 4.90 Å². The Morgan fingerprint density at radius 3 is 2.38 bits per heavy atom. The topological polar surface area (TPSA) is 77.3 Å². The molecule has 6 nitrogen and oxygen atoms in total. The largest absolute Gasteiger partial charge is 0.296 e. The average Bonchev–Trinajstić information content (AvgIpc) is 2.63. The number of aromatic nitrogens is 1. The van der Waals surface area contributed by atoms with E-state index in [0.717, 1.165) is 12.1 Å². The molecule has 0 saturated carbocycles. The number of benzene rings is 1. The normalized spacial score (nSPS) is 16.6. The molecule has 7 heteroatoms. The van der Waals surface area contributed by atoms with Gasteiger partial charge < -0.3 is 0 Å². The number of piperazine rings is 1. The third kappa shape index (κ3) is 3.62. The van der Waals surface area contributed by atoms with Crippen molar-refractivity contribution in [3.05, 3.63) is 59.9 Å². The third-order valence-corrected chi connectivity index (χ3v) is 5.97. The van der Waals surface area contributed by atoms with Gasteiger partial charge in [0, 0.05) is 45.1 Å². The summed E-state index contributed by atoms with van der Waals surface area (Å²) in [5.74, 6) is 0. The molecular weight excluding hydrogens is 324 g/mol. The fourth-order valence-corrected chi connectivity index (χ4v) is 4.11. The van der Waals surface area contributed by atoms with Crippen molar-refractivity contribution in [1.29, 1.82) is 5.26 Å². The van der Waals surface area contributed by atoms with Crippen LogP contribution in [0.3, 0.4) is 0 Å². The molecule has 1 fully saturated rings. The molecule has 2 aromatic rings. The maximum absolute atomic E-state index is 12.6. The first-order chi connectivity index (χ1) is 11.6. The highest BCUT2D eigenvalue weighted by molar-refractivity contribution is 7.89. The minimum Gasteiger partial charge on any atom is -0.296 e. The Labute approximate surface area is 142 Å². The molecule has 124 valence electrons. The van der Waals surface area contributed by atoms with Crippen LogP contribution in [-0.4, -0.2) is 48.8 Å². The van der Waals surface area contributed by atoms with E-state index in [1.165, 1.54) is 10.5 Å². The van der Waals surface area contributed by atoms with Crippen LogP contribution in [0.5, 0.6) is 0 Å². The van der Waals surface area contributed by atoms with Crippen molar-refractivity contribution in [2.75, 3.05) is 26.2 Å². The summed E-state index contributed by atoms with van der Waals surface area (Å²) in [6.07, 6.45) is 2.95. The molecule has 1 saturated heterocycles. The maximum atomic E-state index is 12.6. The van der Waals surface area contributed by atoms with Crippen LogP contribution in [0.4, 0.5) is 0 Å². The van der Waals surface area contributed by atoms with Gasteiger partial charge in [-0.05, 0) is 29.8 Å². The van der Waals surface area contributed by atoms with E-state index in [2.05, 4.69) is 16.0 Å². The second-order valence-corrected chi connectivity index (χ2v) is 7.62. The Balaban J connectivity index is 1.60. The molecule has 1 aromatic carbocycles. The summed E-state index contributed by atoms with van der Waals surface area (Å²) in [5.41, 5.74) is 1.77. The lowest BCUT2D eigenvalue weighted by Crippen LogP contribution is -2.48. The first-order valence-corrected chi connectivity index (χ1v) is 9.15. The Morgan fingerprint density at radius 1 is 1.08 bits per heavy atom. The zero-order valence-electron chi connectivity index (χ0n) is 13.2. The summed E-state index contributed by atoms with van der Waals surface area (Å²) in [6.45, 7) is 3.05. The molecule has 0 radical (unpaired) electrons. The van der Waals surface area contributed by atoms with Crippen LogP contribution in [0.25, 0.3) is 0 Å². The summed E-state index contributed by atoms with van der Waals surface area (Å²) in [6, 6.07) is 12.8. The van der Waals surface area contributed by atoms with E-state index in [1.54, 1.807) is 30.5 Å². The molecule has 0 bridgehead atoms. The molecule has 0 amide bonds. The van der Waals surface area contributed by atoms with Gasteiger partial charge in [-0.15, -0.1) is 0 Å². The minimum absolute atomic E-state index is 0.241. The number of nitriles is 1. The van der Waals surface area contributed by atoms with Crippen molar-refractivity contribution in [2.24, 2.45) is 0 Å². The Hall–Kier alpha value is -2.27. The van der Waals surface area contributed by atoms with E-state index in [-0.39, 0.29) is 4.90 Å². The molecule has 0 spiro atoms. The monoisotopic (exact) mass is 342 g/mol. The summed E-state index contributed by atoms with van der Waals surface area (Å²) >= 11 is 0. The Bertz CT molecular complexity index is 821. The summed E-state index contributed by atoms with van der Waals surface area (Å²) in [7, 11) is -3.46. The number of nitrogens with zero attached hydrogens (tertiary/aromatic N) is 4. The predicted molar refractivity (Wildman–Crippen MR) is 89.4 cm³/mol.